The summed E-state index contributed by atoms with van der Waals surface area (Å²) in [6, 6.07) is 2.86. The predicted molar refractivity (Wildman–Crippen MR) is 131 cm³/mol. The van der Waals surface area contributed by atoms with E-state index in [0.717, 1.165) is 30.0 Å². The molecule has 1 aromatic heterocycles. The van der Waals surface area contributed by atoms with Crippen LogP contribution in [0.2, 0.25) is 5.02 Å². The first-order valence-electron chi connectivity index (χ1n) is 12.6. The number of likely N-dealkylation sites (tertiary alicyclic amines) is 1. The Hall–Kier alpha value is -1.82. The van der Waals surface area contributed by atoms with Gasteiger partial charge < -0.3 is 9.52 Å². The van der Waals surface area contributed by atoms with Crippen molar-refractivity contribution in [1.82, 2.24) is 9.80 Å². The molecule has 3 aliphatic heterocycles. The van der Waals surface area contributed by atoms with Crippen LogP contribution in [0.25, 0.3) is 11.0 Å². The Morgan fingerprint density at radius 1 is 1.18 bits per heavy atom. The van der Waals surface area contributed by atoms with Gasteiger partial charge in [0.2, 0.25) is 0 Å². The van der Waals surface area contributed by atoms with E-state index in [9.17, 15) is 9.90 Å². The lowest BCUT2D eigenvalue weighted by Gasteiger charge is -2.54. The Kier molecular flexibility index (Phi) is 5.35. The van der Waals surface area contributed by atoms with Gasteiger partial charge in [0, 0.05) is 36.1 Å². The first kappa shape index (κ1) is 21.7. The fourth-order valence-electron chi connectivity index (χ4n) is 7.21. The van der Waals surface area contributed by atoms with Crippen LogP contribution in [0.15, 0.2) is 26.9 Å². The first-order chi connectivity index (χ1) is 15.9. The van der Waals surface area contributed by atoms with Gasteiger partial charge >= 0.3 is 5.63 Å². The minimum Gasteiger partial charge on any atom is -0.506 e. The number of halogens is 1. The lowest BCUT2D eigenvalue weighted by molar-refractivity contribution is -0.00274. The Morgan fingerprint density at radius 3 is 2.88 bits per heavy atom. The maximum absolute atomic E-state index is 12.5. The van der Waals surface area contributed by atoms with E-state index in [1.165, 1.54) is 45.2 Å². The van der Waals surface area contributed by atoms with Crippen molar-refractivity contribution in [3.05, 3.63) is 49.8 Å². The number of phenolic OH excluding ortho intramolecular Hbond substituents is 1. The minimum atomic E-state index is -0.342. The molecule has 2 bridgehead atoms. The molecular formula is C27H33ClN2O3. The number of hydrogen-bond donors (Lipinski definition) is 1. The van der Waals surface area contributed by atoms with Crippen LogP contribution < -0.4 is 5.63 Å². The van der Waals surface area contributed by atoms with E-state index < -0.39 is 0 Å². The van der Waals surface area contributed by atoms with Crippen LogP contribution in [0.3, 0.4) is 0 Å². The maximum Gasteiger partial charge on any atom is 0.339 e. The van der Waals surface area contributed by atoms with Gasteiger partial charge in [-0.1, -0.05) is 29.7 Å². The second-order valence-corrected chi connectivity index (χ2v) is 11.1. The smallest absolute Gasteiger partial charge is 0.339 e. The number of hydrogen-bond acceptors (Lipinski definition) is 5. The van der Waals surface area contributed by atoms with E-state index in [-0.39, 0.29) is 11.4 Å². The number of rotatable bonds is 2. The highest BCUT2D eigenvalue weighted by Crippen LogP contribution is 2.46. The summed E-state index contributed by atoms with van der Waals surface area (Å²) < 4.78 is 5.75. The van der Waals surface area contributed by atoms with Crippen LogP contribution in [0, 0.1) is 25.7 Å². The molecule has 5 nitrogen and oxygen atoms in total. The minimum absolute atomic E-state index is 0.0418. The quantitative estimate of drug-likeness (QED) is 0.487. The van der Waals surface area contributed by atoms with Crippen LogP contribution in [0.1, 0.15) is 55.2 Å². The van der Waals surface area contributed by atoms with Crippen LogP contribution in [-0.2, 0) is 6.54 Å². The van der Waals surface area contributed by atoms with Gasteiger partial charge in [-0.15, -0.1) is 0 Å². The molecule has 0 spiro atoms. The molecule has 33 heavy (non-hydrogen) atoms. The largest absolute Gasteiger partial charge is 0.506 e. The fourth-order valence-corrected chi connectivity index (χ4v) is 7.43. The average Bonchev–Trinajstić information content (AvgIpc) is 2.81. The van der Waals surface area contributed by atoms with Crippen molar-refractivity contribution >= 4 is 22.6 Å². The van der Waals surface area contributed by atoms with E-state index in [2.05, 4.69) is 15.9 Å². The Balaban J connectivity index is 1.40. The Labute approximate surface area is 200 Å². The van der Waals surface area contributed by atoms with Gasteiger partial charge in [-0.25, -0.2) is 4.79 Å². The number of piperidine rings is 3. The second-order valence-electron chi connectivity index (χ2n) is 10.7. The normalized spacial score (nSPS) is 30.1. The van der Waals surface area contributed by atoms with E-state index in [1.54, 1.807) is 18.6 Å². The third-order valence-corrected chi connectivity index (χ3v) is 9.18. The molecule has 2 aromatic rings. The van der Waals surface area contributed by atoms with E-state index in [4.69, 9.17) is 16.0 Å². The summed E-state index contributed by atoms with van der Waals surface area (Å²) in [5.74, 6) is 1.35. The molecule has 0 saturated carbocycles. The van der Waals surface area contributed by atoms with Gasteiger partial charge in [0.15, 0.2) is 0 Å². The molecule has 4 heterocycles. The summed E-state index contributed by atoms with van der Waals surface area (Å²) in [5, 5.41) is 12.1. The highest BCUT2D eigenvalue weighted by atomic mass is 35.5. The van der Waals surface area contributed by atoms with Crippen LogP contribution in [0.5, 0.6) is 5.75 Å². The topological polar surface area (TPSA) is 56.9 Å². The molecule has 6 rings (SSSR count). The van der Waals surface area contributed by atoms with Crippen molar-refractivity contribution in [3.63, 3.8) is 0 Å². The first-order valence-corrected chi connectivity index (χ1v) is 12.9. The zero-order chi connectivity index (χ0) is 22.9. The molecule has 4 aliphatic rings. The van der Waals surface area contributed by atoms with Crippen molar-refractivity contribution in [2.45, 2.75) is 71.0 Å². The average molecular weight is 469 g/mol. The summed E-state index contributed by atoms with van der Waals surface area (Å²) >= 11 is 6.47. The maximum atomic E-state index is 12.5. The lowest BCUT2D eigenvalue weighted by Crippen LogP contribution is -2.59. The number of benzene rings is 1. The third-order valence-electron chi connectivity index (χ3n) is 8.89. The molecule has 4 atom stereocenters. The summed E-state index contributed by atoms with van der Waals surface area (Å²) in [4.78, 5) is 17.8. The predicted octanol–water partition coefficient (Wildman–Crippen LogP) is 5.16. The number of aromatic hydroxyl groups is 1. The van der Waals surface area contributed by atoms with Crippen molar-refractivity contribution in [3.8, 4) is 5.75 Å². The van der Waals surface area contributed by atoms with E-state index >= 15 is 0 Å². The summed E-state index contributed by atoms with van der Waals surface area (Å²) in [6.07, 6.45) is 10.2. The molecule has 0 amide bonds. The molecule has 2 unspecified atom stereocenters. The molecule has 0 radical (unpaired) electrons. The van der Waals surface area contributed by atoms with Gasteiger partial charge in [-0.2, -0.15) is 0 Å². The highest BCUT2D eigenvalue weighted by Gasteiger charge is 2.46. The van der Waals surface area contributed by atoms with Crippen molar-refractivity contribution in [1.29, 1.82) is 0 Å². The molecule has 176 valence electrons. The van der Waals surface area contributed by atoms with Gasteiger partial charge in [-0.05, 0) is 82.5 Å². The molecule has 6 heteroatoms. The second kappa shape index (κ2) is 8.14. The van der Waals surface area contributed by atoms with Crippen LogP contribution in [-0.4, -0.2) is 46.6 Å². The summed E-state index contributed by atoms with van der Waals surface area (Å²) in [7, 11) is 0. The zero-order valence-electron chi connectivity index (χ0n) is 19.6. The third kappa shape index (κ3) is 3.46. The van der Waals surface area contributed by atoms with Crippen molar-refractivity contribution < 1.29 is 9.52 Å². The summed E-state index contributed by atoms with van der Waals surface area (Å²) in [6.45, 7) is 7.63. The molecule has 1 N–H and O–H groups in total. The van der Waals surface area contributed by atoms with Crippen molar-refractivity contribution in [2.75, 3.05) is 19.6 Å². The lowest BCUT2D eigenvalue weighted by atomic mass is 9.68. The fraction of sp³-hybridized carbons (Fsp3) is 0.593. The Morgan fingerprint density at radius 2 is 2.03 bits per heavy atom. The van der Waals surface area contributed by atoms with Gasteiger partial charge in [0.05, 0.1) is 10.6 Å². The van der Waals surface area contributed by atoms with Gasteiger partial charge in [0.1, 0.15) is 11.3 Å². The van der Waals surface area contributed by atoms with Gasteiger partial charge in [0.25, 0.3) is 0 Å². The monoisotopic (exact) mass is 468 g/mol. The molecule has 1 aliphatic carbocycles. The van der Waals surface area contributed by atoms with Gasteiger partial charge in [-0.3, -0.25) is 9.80 Å². The highest BCUT2D eigenvalue weighted by molar-refractivity contribution is 6.33. The SMILES string of the molecule is Cc1c(C)c2cc(Cl)c(O)c(CN3CCCC4=CC5CC(CN6CCCC[C@H]56)[C@@H]43)c2oc1=O. The molecule has 3 saturated heterocycles. The number of aryl methyl sites for hydroxylation is 1. The number of fused-ring (bicyclic) bond motifs is 7. The number of phenols is 1. The summed E-state index contributed by atoms with van der Waals surface area (Å²) in [5.41, 5.74) is 3.84. The number of nitrogens with zero attached hydrogens (tertiary/aromatic N) is 2. The standard InChI is InChI=1S/C27H33ClN2O3/c1-15-16(2)27(32)33-26-20(15)12-22(28)25(31)21(26)14-30-9-5-6-17-10-18-11-19(24(17)30)13-29-8-4-3-7-23(18)29/h10,12,18-19,23-24,31H,3-9,11,13-14H2,1-2H3/t18?,19?,23-,24-/m1/s1. The van der Waals surface area contributed by atoms with Crippen molar-refractivity contribution in [2.24, 2.45) is 11.8 Å². The molecule has 1 aromatic carbocycles. The van der Waals surface area contributed by atoms with E-state index in [1.807, 2.05) is 6.92 Å². The van der Waals surface area contributed by atoms with Crippen LogP contribution in [0.4, 0.5) is 0 Å². The zero-order valence-corrected chi connectivity index (χ0v) is 20.3. The molecular weight excluding hydrogens is 436 g/mol. The van der Waals surface area contributed by atoms with E-state index in [0.29, 0.717) is 46.2 Å². The van der Waals surface area contributed by atoms with Crippen LogP contribution >= 0.6 is 11.6 Å². The Bertz CT molecular complexity index is 1200. The molecule has 3 fully saturated rings.